The van der Waals surface area contributed by atoms with Crippen molar-refractivity contribution in [2.75, 3.05) is 13.7 Å². The number of hydrogen-bond donors (Lipinski definition) is 1. The fourth-order valence-electron chi connectivity index (χ4n) is 2.41. The molecule has 0 saturated carbocycles. The molecule has 1 N–H and O–H groups in total. The molecule has 0 bridgehead atoms. The van der Waals surface area contributed by atoms with E-state index in [9.17, 15) is 4.79 Å². The third-order valence-corrected chi connectivity index (χ3v) is 4.92. The van der Waals surface area contributed by atoms with Crippen molar-refractivity contribution in [1.29, 1.82) is 0 Å². The van der Waals surface area contributed by atoms with Gasteiger partial charge in [-0.1, -0.05) is 23.7 Å². The molecule has 136 valence electrons. The van der Waals surface area contributed by atoms with Crippen LogP contribution in [0.1, 0.15) is 40.2 Å². The minimum atomic E-state index is -0.544. The number of rotatable bonds is 5. The van der Waals surface area contributed by atoms with Gasteiger partial charge in [0.1, 0.15) is 5.75 Å². The van der Waals surface area contributed by atoms with E-state index in [1.807, 2.05) is 39.8 Å². The van der Waals surface area contributed by atoms with Crippen LogP contribution in [0.4, 0.5) is 0 Å². The van der Waals surface area contributed by atoms with E-state index >= 15 is 0 Å². The number of ether oxygens (including phenoxy) is 1. The second kappa shape index (κ2) is 7.40. The van der Waals surface area contributed by atoms with Crippen molar-refractivity contribution < 1.29 is 18.8 Å². The lowest BCUT2D eigenvalue weighted by Gasteiger charge is -2.32. The Labute approximate surface area is 154 Å². The molecule has 0 unspecified atom stereocenters. The number of carbonyl (C=O) groups is 1. The molecule has 1 amide bonds. The monoisotopic (exact) mass is 365 g/mol. The molecule has 7 heteroatoms. The summed E-state index contributed by atoms with van der Waals surface area (Å²) in [5.74, 6) is 0.494. The van der Waals surface area contributed by atoms with Crippen molar-refractivity contribution in [3.05, 3.63) is 34.3 Å². The molecule has 1 aromatic rings. The molecule has 0 spiro atoms. The molecule has 1 aliphatic heterocycles. The van der Waals surface area contributed by atoms with Crippen LogP contribution < -0.4 is 10.1 Å². The molecular weight excluding hydrogens is 340 g/mol. The highest BCUT2D eigenvalue weighted by Crippen LogP contribution is 2.39. The molecule has 0 atom stereocenters. The van der Waals surface area contributed by atoms with Gasteiger partial charge in [0.05, 0.1) is 23.3 Å². The number of hydrogen-bond acceptors (Lipinski definition) is 4. The van der Waals surface area contributed by atoms with Crippen LogP contribution in [0.2, 0.25) is 5.02 Å². The van der Waals surface area contributed by atoms with E-state index in [0.29, 0.717) is 17.3 Å². The molecule has 1 fully saturated rings. The maximum Gasteiger partial charge on any atom is 0.492 e. The van der Waals surface area contributed by atoms with Crippen LogP contribution in [0.5, 0.6) is 5.75 Å². The summed E-state index contributed by atoms with van der Waals surface area (Å²) in [6.45, 7) is 9.78. The van der Waals surface area contributed by atoms with Crippen molar-refractivity contribution in [2.45, 2.75) is 45.8 Å². The summed E-state index contributed by atoms with van der Waals surface area (Å²) in [6.07, 6.45) is 1.92. The van der Waals surface area contributed by atoms with Gasteiger partial charge in [-0.2, -0.15) is 0 Å². The molecule has 1 aliphatic rings. The van der Waals surface area contributed by atoms with E-state index in [2.05, 4.69) is 5.32 Å². The predicted octanol–water partition coefficient (Wildman–Crippen LogP) is 3.50. The lowest BCUT2D eigenvalue weighted by Crippen LogP contribution is -2.41. The Morgan fingerprint density at radius 1 is 1.28 bits per heavy atom. The maximum atomic E-state index is 11.4. The van der Waals surface area contributed by atoms with Crippen LogP contribution in [-0.2, 0) is 14.1 Å². The molecule has 0 aliphatic carbocycles. The second-order valence-corrected chi connectivity index (χ2v) is 7.52. The minimum absolute atomic E-state index is 0.116. The maximum absolute atomic E-state index is 11.4. The molecular formula is C18H25BClNO4. The van der Waals surface area contributed by atoms with Gasteiger partial charge in [-0.05, 0) is 50.9 Å². The highest BCUT2D eigenvalue weighted by molar-refractivity contribution is 6.56. The summed E-state index contributed by atoms with van der Waals surface area (Å²) in [4.78, 5) is 11.4. The highest BCUT2D eigenvalue weighted by Gasteiger charge is 2.52. The Kier molecular flexibility index (Phi) is 5.87. The lowest BCUT2D eigenvalue weighted by atomic mass is 9.77. The van der Waals surface area contributed by atoms with Crippen molar-refractivity contribution in [2.24, 2.45) is 0 Å². The molecule has 1 aromatic carbocycles. The van der Waals surface area contributed by atoms with E-state index in [0.717, 1.165) is 11.0 Å². The summed E-state index contributed by atoms with van der Waals surface area (Å²) >= 11 is 6.20. The first kappa shape index (κ1) is 19.8. The van der Waals surface area contributed by atoms with Crippen LogP contribution >= 0.6 is 11.6 Å². The molecule has 0 radical (unpaired) electrons. The first-order valence-corrected chi connectivity index (χ1v) is 8.57. The zero-order valence-electron chi connectivity index (χ0n) is 15.6. The molecule has 1 heterocycles. The predicted molar refractivity (Wildman–Crippen MR) is 101 cm³/mol. The van der Waals surface area contributed by atoms with Crippen molar-refractivity contribution >= 4 is 30.7 Å². The van der Waals surface area contributed by atoms with Crippen LogP contribution in [-0.4, -0.2) is 37.9 Å². The van der Waals surface area contributed by atoms with Gasteiger partial charge in [0.15, 0.2) is 0 Å². The average Bonchev–Trinajstić information content (AvgIpc) is 2.71. The van der Waals surface area contributed by atoms with Gasteiger partial charge in [-0.15, -0.1) is 0 Å². The van der Waals surface area contributed by atoms with Crippen LogP contribution in [0, 0.1) is 0 Å². The van der Waals surface area contributed by atoms with E-state index in [4.69, 9.17) is 25.6 Å². The SMILES string of the molecule is COc1ccc(C=C(CNC(C)=O)B2OC(C)(C)C(C)(C)O2)cc1Cl. The second-order valence-electron chi connectivity index (χ2n) is 7.11. The Hall–Kier alpha value is -1.50. The molecule has 2 rings (SSSR count). The fourth-order valence-corrected chi connectivity index (χ4v) is 2.68. The van der Waals surface area contributed by atoms with Crippen molar-refractivity contribution in [1.82, 2.24) is 5.32 Å². The summed E-state index contributed by atoms with van der Waals surface area (Å²) in [7, 11) is 1.03. The normalized spacial score (nSPS) is 19.0. The molecule has 25 heavy (non-hydrogen) atoms. The van der Waals surface area contributed by atoms with Gasteiger partial charge < -0.3 is 19.4 Å². The first-order chi connectivity index (χ1) is 11.6. The number of benzene rings is 1. The van der Waals surface area contributed by atoms with Crippen molar-refractivity contribution in [3.8, 4) is 5.75 Å². The summed E-state index contributed by atoms with van der Waals surface area (Å²) in [5.41, 5.74) is 0.783. The molecule has 0 aromatic heterocycles. The Balaban J connectivity index is 2.33. The van der Waals surface area contributed by atoms with Crippen LogP contribution in [0.25, 0.3) is 6.08 Å². The zero-order valence-corrected chi connectivity index (χ0v) is 16.4. The number of methoxy groups -OCH3 is 1. The Bertz CT molecular complexity index is 672. The van der Waals surface area contributed by atoms with Gasteiger partial charge in [0.2, 0.25) is 5.91 Å². The minimum Gasteiger partial charge on any atom is -0.495 e. The zero-order chi connectivity index (χ0) is 18.8. The summed E-state index contributed by atoms with van der Waals surface area (Å²) in [5, 5.41) is 3.33. The standard InChI is InChI=1S/C18H25BClNO4/c1-12(22)21-11-14(19-24-17(2,3)18(4,5)25-19)9-13-7-8-16(23-6)15(20)10-13/h7-10H,11H2,1-6H3,(H,21,22). The van der Waals surface area contributed by atoms with Gasteiger partial charge in [0.25, 0.3) is 0 Å². The highest BCUT2D eigenvalue weighted by atomic mass is 35.5. The van der Waals surface area contributed by atoms with Gasteiger partial charge in [0, 0.05) is 13.5 Å². The largest absolute Gasteiger partial charge is 0.495 e. The van der Waals surface area contributed by atoms with Crippen LogP contribution in [0.15, 0.2) is 23.7 Å². The fraction of sp³-hybridized carbons (Fsp3) is 0.500. The van der Waals surface area contributed by atoms with Gasteiger partial charge in [-0.25, -0.2) is 0 Å². The van der Waals surface area contributed by atoms with E-state index in [1.54, 1.807) is 19.2 Å². The number of amides is 1. The van der Waals surface area contributed by atoms with Crippen LogP contribution in [0.3, 0.4) is 0 Å². The van der Waals surface area contributed by atoms with E-state index < -0.39 is 18.3 Å². The third kappa shape index (κ3) is 4.57. The van der Waals surface area contributed by atoms with Crippen molar-refractivity contribution in [3.63, 3.8) is 0 Å². The number of carbonyl (C=O) groups excluding carboxylic acids is 1. The number of halogens is 1. The lowest BCUT2D eigenvalue weighted by molar-refractivity contribution is -0.118. The summed E-state index contributed by atoms with van der Waals surface area (Å²) in [6, 6.07) is 5.50. The molecule has 5 nitrogen and oxygen atoms in total. The van der Waals surface area contributed by atoms with Gasteiger partial charge in [-0.3, -0.25) is 4.79 Å². The smallest absolute Gasteiger partial charge is 0.492 e. The third-order valence-electron chi connectivity index (χ3n) is 4.63. The van der Waals surface area contributed by atoms with E-state index in [1.165, 1.54) is 6.92 Å². The first-order valence-electron chi connectivity index (χ1n) is 8.20. The van der Waals surface area contributed by atoms with E-state index in [-0.39, 0.29) is 5.91 Å². The average molecular weight is 366 g/mol. The van der Waals surface area contributed by atoms with Gasteiger partial charge >= 0.3 is 7.12 Å². The summed E-state index contributed by atoms with van der Waals surface area (Å²) < 4.78 is 17.4. The number of nitrogens with one attached hydrogen (secondary N) is 1. The Morgan fingerprint density at radius 3 is 2.36 bits per heavy atom. The quantitative estimate of drug-likeness (QED) is 0.811. The Morgan fingerprint density at radius 2 is 1.88 bits per heavy atom. The topological polar surface area (TPSA) is 56.8 Å². The molecule has 1 saturated heterocycles.